The number of rotatable bonds is 5. The lowest BCUT2D eigenvalue weighted by Crippen LogP contribution is -2.10. The third-order valence-corrected chi connectivity index (χ3v) is 4.22. The fraction of sp³-hybridized carbons (Fsp3) is 0.0625. The first-order valence-electron chi connectivity index (χ1n) is 6.62. The van der Waals surface area contributed by atoms with Gasteiger partial charge in [-0.1, -0.05) is 30.3 Å². The van der Waals surface area contributed by atoms with E-state index in [9.17, 15) is 14.7 Å². The maximum atomic E-state index is 11.3. The Morgan fingerprint density at radius 3 is 2.52 bits per heavy atom. The van der Waals surface area contributed by atoms with E-state index in [2.05, 4.69) is 4.98 Å². The Morgan fingerprint density at radius 2 is 1.87 bits per heavy atom. The lowest BCUT2D eigenvalue weighted by molar-refractivity contribution is -0.139. The van der Waals surface area contributed by atoms with E-state index in [1.807, 2.05) is 30.3 Å². The molecule has 23 heavy (non-hydrogen) atoms. The molecule has 0 unspecified atom stereocenters. The summed E-state index contributed by atoms with van der Waals surface area (Å²) < 4.78 is 5.19. The van der Waals surface area contributed by atoms with Crippen LogP contribution in [0.2, 0.25) is 0 Å². The van der Waals surface area contributed by atoms with E-state index < -0.39 is 18.5 Å². The Kier molecular flexibility index (Phi) is 3.94. The number of aromatic nitrogens is 1. The van der Waals surface area contributed by atoms with Crippen LogP contribution in [0.25, 0.3) is 21.3 Å². The number of nitrogens with zero attached hydrogens (tertiary/aromatic N) is 1. The zero-order valence-corrected chi connectivity index (χ0v) is 12.5. The summed E-state index contributed by atoms with van der Waals surface area (Å²) in [6.45, 7) is -0.609. The van der Waals surface area contributed by atoms with Crippen LogP contribution >= 0.6 is 11.3 Å². The molecule has 0 amide bonds. The van der Waals surface area contributed by atoms with E-state index in [-0.39, 0.29) is 10.6 Å². The molecule has 0 spiro atoms. The van der Waals surface area contributed by atoms with E-state index in [0.717, 1.165) is 22.5 Å². The van der Waals surface area contributed by atoms with Gasteiger partial charge in [-0.25, -0.2) is 14.6 Å². The van der Waals surface area contributed by atoms with Gasteiger partial charge in [0.2, 0.25) is 0 Å². The number of pyridine rings is 1. The highest BCUT2D eigenvalue weighted by Gasteiger charge is 2.21. The molecule has 0 aliphatic heterocycles. The molecule has 116 valence electrons. The van der Waals surface area contributed by atoms with Crippen LogP contribution in [0.5, 0.6) is 5.75 Å². The number of carboxylic acid groups (broad SMARTS) is 2. The van der Waals surface area contributed by atoms with Crippen LogP contribution < -0.4 is 4.74 Å². The van der Waals surface area contributed by atoms with Crippen LogP contribution in [-0.2, 0) is 4.79 Å². The van der Waals surface area contributed by atoms with Crippen molar-refractivity contribution >= 4 is 33.5 Å². The SMILES string of the molecule is O=C(O)COc1c(C(=O)O)sc2ncc(-c3ccccc3)cc12. The van der Waals surface area contributed by atoms with Crippen molar-refractivity contribution in [1.29, 1.82) is 0 Å². The van der Waals surface area contributed by atoms with Crippen molar-refractivity contribution in [2.75, 3.05) is 6.61 Å². The largest absolute Gasteiger partial charge is 0.479 e. The zero-order valence-electron chi connectivity index (χ0n) is 11.7. The van der Waals surface area contributed by atoms with Crippen LogP contribution in [0.3, 0.4) is 0 Å². The Hall–Kier alpha value is -2.93. The molecule has 2 N–H and O–H groups in total. The number of benzene rings is 1. The van der Waals surface area contributed by atoms with Crippen molar-refractivity contribution in [3.63, 3.8) is 0 Å². The zero-order chi connectivity index (χ0) is 16.4. The Morgan fingerprint density at radius 1 is 1.13 bits per heavy atom. The summed E-state index contributed by atoms with van der Waals surface area (Å²) in [5, 5.41) is 18.5. The molecule has 0 radical (unpaired) electrons. The van der Waals surface area contributed by atoms with Crippen LogP contribution in [0, 0.1) is 0 Å². The molecule has 0 saturated carbocycles. The second-order valence-electron chi connectivity index (χ2n) is 4.69. The monoisotopic (exact) mass is 329 g/mol. The fourth-order valence-electron chi connectivity index (χ4n) is 2.17. The molecular formula is C16H11NO5S. The fourth-order valence-corrected chi connectivity index (χ4v) is 3.08. The molecule has 7 heteroatoms. The minimum absolute atomic E-state index is 0.0465. The van der Waals surface area contributed by atoms with Gasteiger partial charge in [-0.2, -0.15) is 0 Å². The predicted octanol–water partition coefficient (Wildman–Crippen LogP) is 3.12. The van der Waals surface area contributed by atoms with Gasteiger partial charge in [0.1, 0.15) is 4.83 Å². The van der Waals surface area contributed by atoms with E-state index in [0.29, 0.717) is 10.2 Å². The summed E-state index contributed by atoms with van der Waals surface area (Å²) >= 11 is 0.959. The minimum atomic E-state index is -1.17. The average molecular weight is 329 g/mol. The summed E-state index contributed by atoms with van der Waals surface area (Å²) in [5.74, 6) is -2.30. The molecule has 0 saturated heterocycles. The molecule has 0 atom stereocenters. The molecule has 6 nitrogen and oxygen atoms in total. The van der Waals surface area contributed by atoms with Crippen molar-refractivity contribution < 1.29 is 24.5 Å². The van der Waals surface area contributed by atoms with E-state index in [1.54, 1.807) is 12.3 Å². The summed E-state index contributed by atoms with van der Waals surface area (Å²) in [6.07, 6.45) is 1.65. The highest BCUT2D eigenvalue weighted by atomic mass is 32.1. The number of aliphatic carboxylic acids is 1. The number of ether oxygens (including phenoxy) is 1. The van der Waals surface area contributed by atoms with Crippen molar-refractivity contribution in [1.82, 2.24) is 4.98 Å². The highest BCUT2D eigenvalue weighted by Crippen LogP contribution is 2.38. The smallest absolute Gasteiger partial charge is 0.349 e. The quantitative estimate of drug-likeness (QED) is 0.746. The Labute approximate surface area is 134 Å². The van der Waals surface area contributed by atoms with Gasteiger partial charge in [0.05, 0.1) is 5.39 Å². The molecule has 0 aliphatic rings. The van der Waals surface area contributed by atoms with E-state index >= 15 is 0 Å². The maximum Gasteiger partial charge on any atom is 0.349 e. The van der Waals surface area contributed by atoms with Gasteiger partial charge in [-0.05, 0) is 11.6 Å². The van der Waals surface area contributed by atoms with Gasteiger partial charge >= 0.3 is 11.9 Å². The third-order valence-electron chi connectivity index (χ3n) is 3.14. The molecule has 3 rings (SSSR count). The van der Waals surface area contributed by atoms with Crippen molar-refractivity contribution in [2.45, 2.75) is 0 Å². The third kappa shape index (κ3) is 3.00. The molecule has 0 aliphatic carbocycles. The number of aromatic carboxylic acids is 1. The number of hydrogen-bond acceptors (Lipinski definition) is 5. The number of carboxylic acids is 2. The number of fused-ring (bicyclic) bond motifs is 1. The van der Waals surface area contributed by atoms with Crippen molar-refractivity contribution in [2.24, 2.45) is 0 Å². The average Bonchev–Trinajstić information content (AvgIpc) is 2.91. The van der Waals surface area contributed by atoms with Gasteiger partial charge in [0.25, 0.3) is 0 Å². The van der Waals surface area contributed by atoms with Gasteiger partial charge in [0, 0.05) is 11.8 Å². The van der Waals surface area contributed by atoms with Gasteiger partial charge < -0.3 is 14.9 Å². The molecule has 1 aromatic carbocycles. The standard InChI is InChI=1S/C16H11NO5S/c18-12(19)8-22-13-11-6-10(9-4-2-1-3-5-9)7-17-15(11)23-14(13)16(20)21/h1-7H,8H2,(H,18,19)(H,20,21). The summed E-state index contributed by atoms with van der Waals surface area (Å²) in [7, 11) is 0. The molecular weight excluding hydrogens is 318 g/mol. The summed E-state index contributed by atoms with van der Waals surface area (Å²) in [4.78, 5) is 26.8. The predicted molar refractivity (Wildman–Crippen MR) is 85.1 cm³/mol. The van der Waals surface area contributed by atoms with Crippen molar-refractivity contribution in [3.8, 4) is 16.9 Å². The normalized spacial score (nSPS) is 10.6. The molecule has 2 aromatic heterocycles. The number of carbonyl (C=O) groups is 2. The molecule has 0 bridgehead atoms. The first-order valence-corrected chi connectivity index (χ1v) is 7.44. The van der Waals surface area contributed by atoms with Crippen LogP contribution in [0.15, 0.2) is 42.6 Å². The molecule has 0 fully saturated rings. The van der Waals surface area contributed by atoms with Crippen LogP contribution in [0.4, 0.5) is 0 Å². The second-order valence-corrected chi connectivity index (χ2v) is 5.69. The summed E-state index contributed by atoms with van der Waals surface area (Å²) in [6, 6.07) is 11.2. The lowest BCUT2D eigenvalue weighted by atomic mass is 10.1. The van der Waals surface area contributed by atoms with Gasteiger partial charge in [-0.15, -0.1) is 11.3 Å². The van der Waals surface area contributed by atoms with E-state index in [1.165, 1.54) is 0 Å². The van der Waals surface area contributed by atoms with Gasteiger partial charge in [0.15, 0.2) is 17.2 Å². The number of hydrogen-bond donors (Lipinski definition) is 2. The summed E-state index contributed by atoms with van der Waals surface area (Å²) in [5.41, 5.74) is 1.72. The second kappa shape index (κ2) is 6.05. The van der Waals surface area contributed by atoms with Crippen LogP contribution in [-0.4, -0.2) is 33.7 Å². The number of thiophene rings is 1. The minimum Gasteiger partial charge on any atom is -0.479 e. The Balaban J connectivity index is 2.14. The van der Waals surface area contributed by atoms with E-state index in [4.69, 9.17) is 9.84 Å². The Bertz CT molecular complexity index is 888. The topological polar surface area (TPSA) is 96.7 Å². The maximum absolute atomic E-state index is 11.3. The molecule has 3 aromatic rings. The molecule has 2 heterocycles. The highest BCUT2D eigenvalue weighted by molar-refractivity contribution is 7.20. The first-order chi connectivity index (χ1) is 11.1. The van der Waals surface area contributed by atoms with Crippen molar-refractivity contribution in [3.05, 3.63) is 47.5 Å². The van der Waals surface area contributed by atoms with Crippen LogP contribution in [0.1, 0.15) is 9.67 Å². The lowest BCUT2D eigenvalue weighted by Gasteiger charge is -2.05. The first kappa shape index (κ1) is 15.0. The van der Waals surface area contributed by atoms with Gasteiger partial charge in [-0.3, -0.25) is 0 Å².